The first-order chi connectivity index (χ1) is 12.5. The molecule has 1 aliphatic rings. The van der Waals surface area contributed by atoms with Gasteiger partial charge >= 0.3 is 5.97 Å². The van der Waals surface area contributed by atoms with Crippen LogP contribution in [0.5, 0.6) is 0 Å². The van der Waals surface area contributed by atoms with Gasteiger partial charge in [0.15, 0.2) is 0 Å². The van der Waals surface area contributed by atoms with Crippen LogP contribution in [-0.4, -0.2) is 24.2 Å². The normalized spacial score (nSPS) is 19.7. The minimum Gasteiger partial charge on any atom is -0.465 e. The molecule has 1 aliphatic heterocycles. The van der Waals surface area contributed by atoms with E-state index >= 15 is 0 Å². The Labute approximate surface area is 158 Å². The number of nitrogens with zero attached hydrogens (tertiary/aromatic N) is 1. The van der Waals surface area contributed by atoms with Crippen molar-refractivity contribution in [2.75, 3.05) is 12.4 Å². The van der Waals surface area contributed by atoms with Crippen LogP contribution in [0.4, 0.5) is 0 Å². The Morgan fingerprint density at radius 1 is 1.35 bits per heavy atom. The highest BCUT2D eigenvalue weighted by Crippen LogP contribution is 2.41. The van der Waals surface area contributed by atoms with Gasteiger partial charge in [-0.1, -0.05) is 37.6 Å². The molecule has 0 bridgehead atoms. The monoisotopic (exact) mass is 372 g/mol. The zero-order chi connectivity index (χ0) is 19.1. The van der Waals surface area contributed by atoms with Gasteiger partial charge in [0.2, 0.25) is 5.91 Å². The quantitative estimate of drug-likeness (QED) is 0.449. The Hall–Kier alpha value is -2.26. The summed E-state index contributed by atoms with van der Waals surface area (Å²) in [5.41, 5.74) is 2.18. The number of carbonyl (C=O) groups is 2. The average molecular weight is 372 g/mol. The van der Waals surface area contributed by atoms with E-state index in [1.54, 1.807) is 6.92 Å². The van der Waals surface area contributed by atoms with Gasteiger partial charge in [0.25, 0.3) is 0 Å². The number of hydrogen-bond acceptors (Lipinski definition) is 5. The molecule has 1 N–H and O–H groups in total. The summed E-state index contributed by atoms with van der Waals surface area (Å²) in [5, 5.41) is 13.2. The summed E-state index contributed by atoms with van der Waals surface area (Å²) in [6.45, 7) is 5.90. The molecule has 0 saturated carbocycles. The molecule has 0 fully saturated rings. The molecule has 0 saturated heterocycles. The first-order valence-corrected chi connectivity index (χ1v) is 9.83. The smallest absolute Gasteiger partial charge is 0.319 e. The molecule has 138 valence electrons. The number of allylic oxidation sites excluding steroid dienone is 1. The van der Waals surface area contributed by atoms with Crippen molar-refractivity contribution in [2.45, 2.75) is 39.5 Å². The van der Waals surface area contributed by atoms with E-state index in [-0.39, 0.29) is 6.61 Å². The summed E-state index contributed by atoms with van der Waals surface area (Å²) in [6.07, 6.45) is 2.02. The summed E-state index contributed by atoms with van der Waals surface area (Å²) in [4.78, 5) is 25.3. The summed E-state index contributed by atoms with van der Waals surface area (Å²) < 4.78 is 5.13. The van der Waals surface area contributed by atoms with Crippen LogP contribution in [0.3, 0.4) is 0 Å². The van der Waals surface area contributed by atoms with Crippen LogP contribution >= 0.6 is 11.8 Å². The Morgan fingerprint density at radius 3 is 2.69 bits per heavy atom. The van der Waals surface area contributed by atoms with Crippen molar-refractivity contribution < 1.29 is 14.3 Å². The maximum absolute atomic E-state index is 12.7. The van der Waals surface area contributed by atoms with Crippen LogP contribution in [0.15, 0.2) is 34.9 Å². The van der Waals surface area contributed by atoms with Gasteiger partial charge in [0, 0.05) is 5.92 Å². The molecule has 0 aromatic heterocycles. The van der Waals surface area contributed by atoms with Crippen LogP contribution in [0.25, 0.3) is 0 Å². The van der Waals surface area contributed by atoms with Gasteiger partial charge in [-0.2, -0.15) is 5.26 Å². The molecule has 1 aromatic carbocycles. The number of nitrogens with one attached hydrogen (secondary N) is 1. The first kappa shape index (κ1) is 20.1. The van der Waals surface area contributed by atoms with Crippen LogP contribution in [-0.2, 0) is 14.3 Å². The lowest BCUT2D eigenvalue weighted by atomic mass is 9.77. The zero-order valence-electron chi connectivity index (χ0n) is 15.4. The van der Waals surface area contributed by atoms with Crippen molar-refractivity contribution in [1.29, 1.82) is 5.26 Å². The predicted molar refractivity (Wildman–Crippen MR) is 102 cm³/mol. The van der Waals surface area contributed by atoms with E-state index < -0.39 is 23.7 Å². The van der Waals surface area contributed by atoms with Crippen LogP contribution in [0.1, 0.15) is 43.7 Å². The molecule has 1 amide bonds. The lowest BCUT2D eigenvalue weighted by molar-refractivity contribution is -0.152. The third-order valence-corrected chi connectivity index (χ3v) is 5.44. The van der Waals surface area contributed by atoms with E-state index in [0.29, 0.717) is 10.6 Å². The van der Waals surface area contributed by atoms with Gasteiger partial charge < -0.3 is 10.1 Å². The molecule has 2 atom stereocenters. The summed E-state index contributed by atoms with van der Waals surface area (Å²) >= 11 is 1.46. The number of amides is 1. The molecule has 1 heterocycles. The average Bonchev–Trinajstić information content (AvgIpc) is 2.62. The second-order valence-electron chi connectivity index (χ2n) is 6.11. The summed E-state index contributed by atoms with van der Waals surface area (Å²) in [7, 11) is 0. The highest BCUT2D eigenvalue weighted by molar-refractivity contribution is 8.03. The van der Waals surface area contributed by atoms with Crippen molar-refractivity contribution in [3.05, 3.63) is 46.0 Å². The van der Waals surface area contributed by atoms with E-state index in [2.05, 4.69) is 18.3 Å². The number of carbonyl (C=O) groups excluding carboxylic acids is 2. The van der Waals surface area contributed by atoms with E-state index in [0.717, 1.165) is 29.7 Å². The van der Waals surface area contributed by atoms with E-state index in [1.165, 1.54) is 11.8 Å². The third-order valence-electron chi connectivity index (χ3n) is 4.34. The largest absolute Gasteiger partial charge is 0.465 e. The molecule has 0 unspecified atom stereocenters. The number of nitriles is 1. The maximum atomic E-state index is 12.7. The minimum absolute atomic E-state index is 0.187. The van der Waals surface area contributed by atoms with Gasteiger partial charge in [0.1, 0.15) is 5.92 Å². The number of aryl methyl sites for hydroxylation is 1. The number of ether oxygens (including phenoxy) is 1. The van der Waals surface area contributed by atoms with E-state index in [1.807, 2.05) is 31.2 Å². The highest BCUT2D eigenvalue weighted by atomic mass is 32.2. The van der Waals surface area contributed by atoms with Gasteiger partial charge in [-0.15, -0.1) is 11.8 Å². The highest BCUT2D eigenvalue weighted by Gasteiger charge is 2.44. The van der Waals surface area contributed by atoms with Crippen molar-refractivity contribution in [2.24, 2.45) is 5.92 Å². The molecule has 0 aliphatic carbocycles. The van der Waals surface area contributed by atoms with E-state index in [4.69, 9.17) is 4.74 Å². The fourth-order valence-corrected chi connectivity index (χ4v) is 4.15. The Morgan fingerprint density at radius 2 is 2.08 bits per heavy atom. The molecule has 26 heavy (non-hydrogen) atoms. The van der Waals surface area contributed by atoms with E-state index in [9.17, 15) is 14.9 Å². The molecule has 1 aromatic rings. The molecular formula is C20H24N2O3S. The predicted octanol–water partition coefficient (Wildman–Crippen LogP) is 3.66. The molecule has 0 spiro atoms. The Balaban J connectivity index is 2.55. The minimum atomic E-state index is -1.05. The SMILES string of the molecule is CCCCSC1=C(C#N)[C@H](c2ccccc2C)[C@@H](C(=O)OCC)C(=O)N1. The number of hydrogen-bond donors (Lipinski definition) is 1. The van der Waals surface area contributed by atoms with Gasteiger partial charge in [-0.05, 0) is 37.1 Å². The maximum Gasteiger partial charge on any atom is 0.319 e. The molecule has 5 nitrogen and oxygen atoms in total. The van der Waals surface area contributed by atoms with Crippen LogP contribution in [0.2, 0.25) is 0 Å². The Bertz CT molecular complexity index is 752. The topological polar surface area (TPSA) is 79.2 Å². The number of unbranched alkanes of at least 4 members (excludes halogenated alkanes) is 1. The van der Waals surface area contributed by atoms with Gasteiger partial charge in [-0.25, -0.2) is 0 Å². The molecule has 2 rings (SSSR count). The van der Waals surface area contributed by atoms with Gasteiger partial charge in [0.05, 0.1) is 23.3 Å². The molecule has 6 heteroatoms. The van der Waals surface area contributed by atoms with Gasteiger partial charge in [-0.3, -0.25) is 9.59 Å². The second-order valence-corrected chi connectivity index (χ2v) is 7.22. The van der Waals surface area contributed by atoms with Crippen LogP contribution < -0.4 is 5.32 Å². The number of benzene rings is 1. The van der Waals surface area contributed by atoms with Crippen molar-refractivity contribution in [3.8, 4) is 6.07 Å². The standard InChI is InChI=1S/C20H24N2O3S/c1-4-6-11-26-19-15(12-21)16(14-10-8-7-9-13(14)3)17(18(23)22-19)20(24)25-5-2/h7-10,16-17H,4-6,11H2,1-3H3,(H,22,23)/t16-,17+/m0/s1. The number of esters is 1. The van der Waals surface area contributed by atoms with Crippen molar-refractivity contribution >= 4 is 23.6 Å². The summed E-state index contributed by atoms with van der Waals surface area (Å²) in [6, 6.07) is 9.79. The van der Waals surface area contributed by atoms with Crippen molar-refractivity contribution in [3.63, 3.8) is 0 Å². The lowest BCUT2D eigenvalue weighted by Crippen LogP contribution is -2.44. The fourth-order valence-electron chi connectivity index (χ4n) is 3.01. The second kappa shape index (κ2) is 9.44. The Kier molecular flexibility index (Phi) is 7.28. The van der Waals surface area contributed by atoms with Crippen LogP contribution in [0, 0.1) is 24.2 Å². The number of thioether (sulfide) groups is 1. The molecule has 0 radical (unpaired) electrons. The first-order valence-electron chi connectivity index (χ1n) is 8.85. The van der Waals surface area contributed by atoms with Crippen molar-refractivity contribution in [1.82, 2.24) is 5.32 Å². The molecular weight excluding hydrogens is 348 g/mol. The third kappa shape index (κ3) is 4.28. The number of rotatable bonds is 7. The fraction of sp³-hybridized carbons (Fsp3) is 0.450. The zero-order valence-corrected chi connectivity index (χ0v) is 16.2. The summed E-state index contributed by atoms with van der Waals surface area (Å²) in [5.74, 6) is -1.88. The lowest BCUT2D eigenvalue weighted by Gasteiger charge is -2.32.